The number of benzene rings is 1. The Kier molecular flexibility index (Phi) is 10.5. The first-order valence-electron chi connectivity index (χ1n) is 5.60. The lowest BCUT2D eigenvalue weighted by Crippen LogP contribution is -2.36. The number of nitrogens with one attached hydrogen (secondary N) is 1. The highest BCUT2D eigenvalue weighted by Gasteiger charge is 2.17. The second-order valence-corrected chi connectivity index (χ2v) is 4.06. The lowest BCUT2D eigenvalue weighted by atomic mass is 9.94. The molecule has 0 aliphatic rings. The predicted molar refractivity (Wildman–Crippen MR) is 81.3 cm³/mol. The van der Waals surface area contributed by atoms with Gasteiger partial charge in [0.05, 0.1) is 0 Å². The fraction of sp³-hybridized carbons (Fsp3) is 0.357. The number of rotatable bonds is 4. The molecule has 2 N–H and O–H groups in total. The molecule has 0 spiro atoms. The number of carboxylic acids is 1. The molecule has 0 unspecified atom stereocenters. The molecule has 0 amide bonds. The standard InChI is InChI=1S/C11H17N.C3H4O2.BrH/c1-4-12-11(2,3)10-8-6-5-7-9-10;1-2-3(4)5;/h5-9,12H,4H2,1-3H3;2H,1H2,(H,4,5);1H. The van der Waals surface area contributed by atoms with Crippen LogP contribution in [0.4, 0.5) is 0 Å². The summed E-state index contributed by atoms with van der Waals surface area (Å²) in [5.41, 5.74) is 1.43. The van der Waals surface area contributed by atoms with Crippen LogP contribution in [-0.4, -0.2) is 17.6 Å². The van der Waals surface area contributed by atoms with Crippen LogP contribution >= 0.6 is 17.0 Å². The van der Waals surface area contributed by atoms with Crippen molar-refractivity contribution in [1.82, 2.24) is 5.32 Å². The minimum Gasteiger partial charge on any atom is -0.478 e. The molecule has 0 heterocycles. The zero-order chi connectivity index (χ0) is 13.3. The summed E-state index contributed by atoms with van der Waals surface area (Å²) in [5, 5.41) is 11.0. The monoisotopic (exact) mass is 315 g/mol. The minimum absolute atomic E-state index is 0. The van der Waals surface area contributed by atoms with Crippen LogP contribution in [0.5, 0.6) is 0 Å². The van der Waals surface area contributed by atoms with Gasteiger partial charge in [-0.3, -0.25) is 0 Å². The van der Waals surface area contributed by atoms with Crippen LogP contribution in [0.2, 0.25) is 0 Å². The van der Waals surface area contributed by atoms with Gasteiger partial charge in [0.2, 0.25) is 0 Å². The van der Waals surface area contributed by atoms with Gasteiger partial charge in [0.15, 0.2) is 0 Å². The number of halogens is 1. The van der Waals surface area contributed by atoms with Gasteiger partial charge in [-0.1, -0.05) is 43.8 Å². The molecule has 1 rings (SSSR count). The average Bonchev–Trinajstić information content (AvgIpc) is 2.31. The average molecular weight is 316 g/mol. The molecule has 0 radical (unpaired) electrons. The van der Waals surface area contributed by atoms with E-state index in [1.165, 1.54) is 5.56 Å². The Bertz CT molecular complexity index is 350. The molecule has 18 heavy (non-hydrogen) atoms. The van der Waals surface area contributed by atoms with Gasteiger partial charge in [-0.2, -0.15) is 0 Å². The summed E-state index contributed by atoms with van der Waals surface area (Å²) in [4.78, 5) is 9.25. The Labute approximate surface area is 120 Å². The molecule has 0 saturated carbocycles. The number of hydrogen-bond donors (Lipinski definition) is 2. The van der Waals surface area contributed by atoms with Gasteiger partial charge in [0, 0.05) is 11.6 Å². The van der Waals surface area contributed by atoms with Gasteiger partial charge in [0.25, 0.3) is 0 Å². The fourth-order valence-electron chi connectivity index (χ4n) is 1.40. The number of carbonyl (C=O) groups is 1. The van der Waals surface area contributed by atoms with Crippen LogP contribution in [0.3, 0.4) is 0 Å². The molecule has 0 aliphatic carbocycles. The van der Waals surface area contributed by atoms with Crippen LogP contribution in [0.1, 0.15) is 26.3 Å². The summed E-state index contributed by atoms with van der Waals surface area (Å²) in [6, 6.07) is 10.5. The summed E-state index contributed by atoms with van der Waals surface area (Å²) in [5.74, 6) is -0.981. The second kappa shape index (κ2) is 9.85. The van der Waals surface area contributed by atoms with Gasteiger partial charge in [-0.05, 0) is 26.0 Å². The molecule has 1 aromatic carbocycles. The van der Waals surface area contributed by atoms with E-state index in [2.05, 4.69) is 56.9 Å². The van der Waals surface area contributed by atoms with Gasteiger partial charge >= 0.3 is 5.97 Å². The third-order valence-corrected chi connectivity index (χ3v) is 2.29. The van der Waals surface area contributed by atoms with Crippen molar-refractivity contribution < 1.29 is 9.90 Å². The van der Waals surface area contributed by atoms with Crippen molar-refractivity contribution >= 4 is 23.0 Å². The first kappa shape index (κ1) is 19.2. The van der Waals surface area contributed by atoms with Gasteiger partial charge in [-0.15, -0.1) is 17.0 Å². The van der Waals surface area contributed by atoms with E-state index < -0.39 is 5.97 Å². The van der Waals surface area contributed by atoms with E-state index in [0.29, 0.717) is 0 Å². The van der Waals surface area contributed by atoms with E-state index in [-0.39, 0.29) is 22.5 Å². The van der Waals surface area contributed by atoms with Crippen molar-refractivity contribution in [3.05, 3.63) is 48.6 Å². The molecule has 0 saturated heterocycles. The molecule has 0 atom stereocenters. The zero-order valence-corrected chi connectivity index (χ0v) is 12.9. The Balaban J connectivity index is 0. The van der Waals surface area contributed by atoms with Crippen molar-refractivity contribution in [2.75, 3.05) is 6.54 Å². The molecule has 102 valence electrons. The second-order valence-electron chi connectivity index (χ2n) is 4.06. The molecule has 3 nitrogen and oxygen atoms in total. The van der Waals surface area contributed by atoms with Crippen molar-refractivity contribution in [2.24, 2.45) is 0 Å². The summed E-state index contributed by atoms with van der Waals surface area (Å²) in [6.07, 6.45) is 0.833. The summed E-state index contributed by atoms with van der Waals surface area (Å²) in [7, 11) is 0. The van der Waals surface area contributed by atoms with E-state index in [9.17, 15) is 4.79 Å². The quantitative estimate of drug-likeness (QED) is 0.838. The van der Waals surface area contributed by atoms with E-state index in [1.807, 2.05) is 6.07 Å². The Hall–Kier alpha value is -1.13. The van der Waals surface area contributed by atoms with Gasteiger partial charge < -0.3 is 10.4 Å². The van der Waals surface area contributed by atoms with E-state index in [4.69, 9.17) is 5.11 Å². The van der Waals surface area contributed by atoms with Crippen LogP contribution in [-0.2, 0) is 10.3 Å². The zero-order valence-electron chi connectivity index (χ0n) is 11.1. The predicted octanol–water partition coefficient (Wildman–Crippen LogP) is 3.37. The number of carboxylic acid groups (broad SMARTS) is 1. The molecular formula is C14H22BrNO2. The third kappa shape index (κ3) is 8.03. The molecule has 0 aromatic heterocycles. The maximum absolute atomic E-state index is 9.25. The van der Waals surface area contributed by atoms with Crippen LogP contribution in [0, 0.1) is 0 Å². The maximum Gasteiger partial charge on any atom is 0.327 e. The molecule has 4 heteroatoms. The first-order valence-corrected chi connectivity index (χ1v) is 5.60. The minimum atomic E-state index is -0.981. The maximum atomic E-state index is 9.25. The SMILES string of the molecule is Br.C=CC(=O)O.CCNC(C)(C)c1ccccc1. The highest BCUT2D eigenvalue weighted by atomic mass is 79.9. The molecule has 1 aromatic rings. The Morgan fingerprint density at radius 3 is 2.17 bits per heavy atom. The number of aliphatic carboxylic acids is 1. The van der Waals surface area contributed by atoms with Crippen molar-refractivity contribution in [1.29, 1.82) is 0 Å². The lowest BCUT2D eigenvalue weighted by molar-refractivity contribution is -0.131. The Morgan fingerprint density at radius 1 is 1.39 bits per heavy atom. The number of hydrogen-bond acceptors (Lipinski definition) is 2. The summed E-state index contributed by atoms with van der Waals surface area (Å²) in [6.45, 7) is 10.5. The van der Waals surface area contributed by atoms with Crippen molar-refractivity contribution in [3.63, 3.8) is 0 Å². The smallest absolute Gasteiger partial charge is 0.327 e. The largest absolute Gasteiger partial charge is 0.478 e. The van der Waals surface area contributed by atoms with Crippen LogP contribution < -0.4 is 5.32 Å². The fourth-order valence-corrected chi connectivity index (χ4v) is 1.40. The normalized spacial score (nSPS) is 9.50. The molecular weight excluding hydrogens is 294 g/mol. The molecule has 0 fully saturated rings. The molecule has 0 aliphatic heterocycles. The summed E-state index contributed by atoms with van der Waals surface area (Å²) >= 11 is 0. The highest BCUT2D eigenvalue weighted by Crippen LogP contribution is 2.18. The van der Waals surface area contributed by atoms with Crippen LogP contribution in [0.15, 0.2) is 43.0 Å². The topological polar surface area (TPSA) is 49.3 Å². The van der Waals surface area contributed by atoms with E-state index in [0.717, 1.165) is 12.6 Å². The summed E-state index contributed by atoms with van der Waals surface area (Å²) < 4.78 is 0. The van der Waals surface area contributed by atoms with Crippen LogP contribution in [0.25, 0.3) is 0 Å². The first-order chi connectivity index (χ1) is 7.94. The Morgan fingerprint density at radius 2 is 1.83 bits per heavy atom. The van der Waals surface area contributed by atoms with E-state index >= 15 is 0 Å². The third-order valence-electron chi connectivity index (χ3n) is 2.29. The van der Waals surface area contributed by atoms with Crippen molar-refractivity contribution in [3.8, 4) is 0 Å². The van der Waals surface area contributed by atoms with Gasteiger partial charge in [-0.25, -0.2) is 4.79 Å². The van der Waals surface area contributed by atoms with Crippen molar-refractivity contribution in [2.45, 2.75) is 26.3 Å². The molecule has 0 bridgehead atoms. The van der Waals surface area contributed by atoms with Gasteiger partial charge in [0.1, 0.15) is 0 Å². The highest BCUT2D eigenvalue weighted by molar-refractivity contribution is 8.93. The lowest BCUT2D eigenvalue weighted by Gasteiger charge is -2.26. The van der Waals surface area contributed by atoms with E-state index in [1.54, 1.807) is 0 Å².